The molecule has 0 saturated heterocycles. The smallest absolute Gasteiger partial charge is 0.340 e. The summed E-state index contributed by atoms with van der Waals surface area (Å²) in [5.74, 6) is -1.48. The Morgan fingerprint density at radius 2 is 0.938 bits per heavy atom. The largest absolute Gasteiger partial charge is 0.462 e. The first-order valence-electron chi connectivity index (χ1n) is 23.5. The lowest BCUT2D eigenvalue weighted by Gasteiger charge is -2.19. The van der Waals surface area contributed by atoms with Crippen LogP contribution in [0, 0.1) is 6.92 Å². The molecular weight excluding hydrogens is 830 g/mol. The van der Waals surface area contributed by atoms with E-state index in [1.54, 1.807) is 24.3 Å². The summed E-state index contributed by atoms with van der Waals surface area (Å²) in [6.45, 7) is 5.66. The predicted octanol–water partition coefficient (Wildman–Crippen LogP) is 15.8. The molecule has 2 rings (SSSR count). The summed E-state index contributed by atoms with van der Waals surface area (Å²) in [6, 6.07) is 12.5. The number of benzene rings is 2. The molecule has 1 atom stereocenters. The molecule has 0 radical (unpaired) electrons. The molecule has 0 aliphatic carbocycles. The molecule has 0 fully saturated rings. The first-order chi connectivity index (χ1) is 31.8. The lowest BCUT2D eigenvalue weighted by Crippen LogP contribution is -2.31. The molecule has 1 unspecified atom stereocenters. The SMILES string of the molecule is CC/C=C\C/C=C\C/C=C\C/C=C\C/C=C\CCCC(=O)OCC(COC(=O)c1ccccc1Nc1cccc(Cl)c1C)OC(=O)CCC/C=C\C/C=C\C/C=C\C/C=C\C/C=C\CC. The molecule has 65 heavy (non-hydrogen) atoms. The number of esters is 3. The van der Waals surface area contributed by atoms with Crippen LogP contribution in [0.25, 0.3) is 0 Å². The molecule has 0 amide bonds. The molecule has 0 aromatic heterocycles. The average molecular weight is 905 g/mol. The third-order valence-corrected chi connectivity index (χ3v) is 10.0. The van der Waals surface area contributed by atoms with Crippen molar-refractivity contribution in [1.29, 1.82) is 0 Å². The fourth-order valence-corrected chi connectivity index (χ4v) is 6.16. The average Bonchev–Trinajstić information content (AvgIpc) is 3.30. The number of halogens is 1. The minimum absolute atomic E-state index is 0.172. The van der Waals surface area contributed by atoms with Gasteiger partial charge in [0, 0.05) is 23.6 Å². The van der Waals surface area contributed by atoms with Gasteiger partial charge in [0.15, 0.2) is 6.10 Å². The number of unbranched alkanes of at least 4 members (excludes halogenated alkanes) is 2. The van der Waals surface area contributed by atoms with Crippen molar-refractivity contribution in [3.63, 3.8) is 0 Å². The van der Waals surface area contributed by atoms with Gasteiger partial charge in [-0.15, -0.1) is 0 Å². The first kappa shape index (κ1) is 55.5. The zero-order chi connectivity index (χ0) is 46.8. The zero-order valence-electron chi connectivity index (χ0n) is 39.2. The van der Waals surface area contributed by atoms with Crippen LogP contribution in [0.3, 0.4) is 0 Å². The third kappa shape index (κ3) is 29.4. The Kier molecular flexibility index (Phi) is 33.1. The topological polar surface area (TPSA) is 90.9 Å². The fraction of sp³-hybridized carbons (Fsp3) is 0.386. The van der Waals surface area contributed by atoms with E-state index in [-0.39, 0.29) is 26.1 Å². The standard InChI is InChI=1S/C57H74ClNO6/c1-4-6-8-10-12-14-16-18-20-22-24-26-28-30-32-34-36-45-55(60)63-47-50(48-64-57(62)51-41-38-39-43-54(51)59-53-44-40-42-52(58)49(53)3)65-56(61)46-37-35-33-31-29-27-25-23-21-19-17-15-13-11-9-7-5-2/h6-9,12-15,18-21,24-27,30-33,38-44,50,59H,4-5,10-11,16-17,22-23,28-29,34-37,45-48H2,1-3H3/b8-6-,9-7-,14-12-,15-13-,20-18-,21-19-,26-24-,27-25-,32-30-,33-31-. The molecule has 7 nitrogen and oxygen atoms in total. The second-order valence-corrected chi connectivity index (χ2v) is 15.6. The molecule has 0 saturated carbocycles. The monoisotopic (exact) mass is 904 g/mol. The normalized spacial score (nSPS) is 12.9. The molecule has 0 spiro atoms. The molecule has 2 aromatic carbocycles. The van der Waals surface area contributed by atoms with Crippen molar-refractivity contribution < 1.29 is 28.6 Å². The van der Waals surface area contributed by atoms with Crippen LogP contribution >= 0.6 is 11.6 Å². The molecule has 0 heterocycles. The number of para-hydroxylation sites is 1. The van der Waals surface area contributed by atoms with Gasteiger partial charge in [0.05, 0.1) is 11.3 Å². The van der Waals surface area contributed by atoms with Gasteiger partial charge in [0.1, 0.15) is 13.2 Å². The van der Waals surface area contributed by atoms with Crippen molar-refractivity contribution in [2.45, 2.75) is 130 Å². The molecular formula is C57H74ClNO6. The van der Waals surface area contributed by atoms with E-state index in [1.165, 1.54) is 0 Å². The van der Waals surface area contributed by atoms with Gasteiger partial charge < -0.3 is 19.5 Å². The maximum absolute atomic E-state index is 13.4. The Hall–Kier alpha value is -5.66. The quantitative estimate of drug-likeness (QED) is 0.0324. The van der Waals surface area contributed by atoms with Gasteiger partial charge in [-0.3, -0.25) is 9.59 Å². The Morgan fingerprint density at radius 1 is 0.523 bits per heavy atom. The molecule has 0 aliphatic heterocycles. The number of hydrogen-bond acceptors (Lipinski definition) is 7. The van der Waals surface area contributed by atoms with Gasteiger partial charge >= 0.3 is 17.9 Å². The van der Waals surface area contributed by atoms with Crippen molar-refractivity contribution in [3.05, 3.63) is 180 Å². The molecule has 2 aromatic rings. The number of rotatable bonds is 34. The summed E-state index contributed by atoms with van der Waals surface area (Å²) in [7, 11) is 0. The Bertz CT molecular complexity index is 1950. The second-order valence-electron chi connectivity index (χ2n) is 15.2. The van der Waals surface area contributed by atoms with Gasteiger partial charge in [-0.25, -0.2) is 4.79 Å². The molecule has 8 heteroatoms. The Labute approximate surface area is 396 Å². The fourth-order valence-electron chi connectivity index (χ4n) is 5.99. The highest BCUT2D eigenvalue weighted by Crippen LogP contribution is 2.28. The van der Waals surface area contributed by atoms with E-state index in [9.17, 15) is 14.4 Å². The minimum Gasteiger partial charge on any atom is -0.462 e. The van der Waals surface area contributed by atoms with Gasteiger partial charge in [0.25, 0.3) is 0 Å². The van der Waals surface area contributed by atoms with Gasteiger partial charge in [-0.05, 0) is 127 Å². The van der Waals surface area contributed by atoms with Crippen LogP contribution in [0.1, 0.15) is 133 Å². The number of allylic oxidation sites excluding steroid dienone is 20. The van der Waals surface area contributed by atoms with E-state index in [2.05, 4.69) is 141 Å². The van der Waals surface area contributed by atoms with E-state index in [1.807, 2.05) is 25.1 Å². The van der Waals surface area contributed by atoms with Crippen molar-refractivity contribution in [2.24, 2.45) is 0 Å². The molecule has 0 bridgehead atoms. The highest BCUT2D eigenvalue weighted by molar-refractivity contribution is 6.31. The summed E-state index contributed by atoms with van der Waals surface area (Å²) in [4.78, 5) is 39.0. The van der Waals surface area contributed by atoms with E-state index < -0.39 is 24.0 Å². The van der Waals surface area contributed by atoms with Crippen molar-refractivity contribution in [2.75, 3.05) is 18.5 Å². The molecule has 350 valence electrons. The highest BCUT2D eigenvalue weighted by Gasteiger charge is 2.21. The van der Waals surface area contributed by atoms with E-state index in [0.29, 0.717) is 35.5 Å². The molecule has 0 aliphatic rings. The highest BCUT2D eigenvalue weighted by atomic mass is 35.5. The lowest BCUT2D eigenvalue weighted by molar-refractivity contribution is -0.161. The zero-order valence-corrected chi connectivity index (χ0v) is 40.0. The van der Waals surface area contributed by atoms with Crippen LogP contribution in [0.4, 0.5) is 11.4 Å². The van der Waals surface area contributed by atoms with Crippen LogP contribution in [-0.4, -0.2) is 37.2 Å². The lowest BCUT2D eigenvalue weighted by atomic mass is 10.1. The van der Waals surface area contributed by atoms with Crippen LogP contribution in [0.15, 0.2) is 164 Å². The first-order valence-corrected chi connectivity index (χ1v) is 23.9. The number of carbonyl (C=O) groups is 3. The van der Waals surface area contributed by atoms with E-state index in [0.717, 1.165) is 81.9 Å². The maximum atomic E-state index is 13.4. The number of carbonyl (C=O) groups excluding carboxylic acids is 3. The minimum atomic E-state index is -0.967. The number of nitrogens with one attached hydrogen (secondary N) is 1. The van der Waals surface area contributed by atoms with Crippen molar-refractivity contribution in [1.82, 2.24) is 0 Å². The molecule has 1 N–H and O–H groups in total. The van der Waals surface area contributed by atoms with Crippen LogP contribution < -0.4 is 5.32 Å². The number of ether oxygens (including phenoxy) is 3. The van der Waals surface area contributed by atoms with Crippen LogP contribution in [0.5, 0.6) is 0 Å². The van der Waals surface area contributed by atoms with Crippen molar-refractivity contribution >= 4 is 40.9 Å². The van der Waals surface area contributed by atoms with Gasteiger partial charge in [-0.2, -0.15) is 0 Å². The van der Waals surface area contributed by atoms with Crippen LogP contribution in [-0.2, 0) is 23.8 Å². The maximum Gasteiger partial charge on any atom is 0.340 e. The second kappa shape index (κ2) is 38.8. The van der Waals surface area contributed by atoms with Gasteiger partial charge in [0.2, 0.25) is 0 Å². The third-order valence-electron chi connectivity index (χ3n) is 9.63. The Balaban J connectivity index is 1.83. The summed E-state index contributed by atoms with van der Waals surface area (Å²) in [5.41, 5.74) is 2.42. The van der Waals surface area contributed by atoms with E-state index >= 15 is 0 Å². The summed E-state index contributed by atoms with van der Waals surface area (Å²) >= 11 is 6.33. The van der Waals surface area contributed by atoms with E-state index in [4.69, 9.17) is 25.8 Å². The van der Waals surface area contributed by atoms with Crippen LogP contribution in [0.2, 0.25) is 5.02 Å². The Morgan fingerprint density at radius 3 is 1.43 bits per heavy atom. The number of hydrogen-bond donors (Lipinski definition) is 1. The van der Waals surface area contributed by atoms with Gasteiger partial charge in [-0.1, -0.05) is 165 Å². The summed E-state index contributed by atoms with van der Waals surface area (Å²) in [5, 5.41) is 3.87. The summed E-state index contributed by atoms with van der Waals surface area (Å²) < 4.78 is 16.9. The van der Waals surface area contributed by atoms with Crippen molar-refractivity contribution in [3.8, 4) is 0 Å². The number of anilines is 2. The summed E-state index contributed by atoms with van der Waals surface area (Å²) in [6.07, 6.45) is 54.6. The predicted molar refractivity (Wildman–Crippen MR) is 274 cm³/mol.